The molecule has 1 aromatic rings. The van der Waals surface area contributed by atoms with Crippen molar-refractivity contribution in [2.75, 3.05) is 37.2 Å². The van der Waals surface area contributed by atoms with Crippen molar-refractivity contribution < 1.29 is 8.42 Å². The molecule has 0 spiro atoms. The molecule has 0 aliphatic carbocycles. The lowest BCUT2D eigenvalue weighted by molar-refractivity contribution is 0.296. The van der Waals surface area contributed by atoms with E-state index in [9.17, 15) is 8.42 Å². The van der Waals surface area contributed by atoms with E-state index in [0.29, 0.717) is 29.9 Å². The SMILES string of the molecule is CC(C)CNS(=O)(=O)c1ccc(N)c(NC2CCN(CC(C)C)C2)c1. The van der Waals surface area contributed by atoms with E-state index >= 15 is 0 Å². The Bertz CT molecular complexity index is 674. The van der Waals surface area contributed by atoms with E-state index in [0.717, 1.165) is 26.1 Å². The monoisotopic (exact) mass is 368 g/mol. The summed E-state index contributed by atoms with van der Waals surface area (Å²) in [7, 11) is -3.51. The maximum absolute atomic E-state index is 12.4. The zero-order chi connectivity index (χ0) is 18.6. The van der Waals surface area contributed by atoms with Gasteiger partial charge < -0.3 is 16.0 Å². The lowest BCUT2D eigenvalue weighted by Gasteiger charge is -2.20. The predicted octanol–water partition coefficient (Wildman–Crippen LogP) is 2.35. The Morgan fingerprint density at radius 3 is 2.60 bits per heavy atom. The number of nitrogens with zero attached hydrogens (tertiary/aromatic N) is 1. The van der Waals surface area contributed by atoms with E-state index < -0.39 is 10.0 Å². The van der Waals surface area contributed by atoms with Crippen LogP contribution in [0.5, 0.6) is 0 Å². The molecule has 6 nitrogen and oxygen atoms in total. The number of hydrogen-bond acceptors (Lipinski definition) is 5. The second-order valence-corrected chi connectivity index (χ2v) is 9.55. The number of nitrogens with two attached hydrogens (primary N) is 1. The van der Waals surface area contributed by atoms with Gasteiger partial charge in [-0.05, 0) is 36.5 Å². The number of benzene rings is 1. The molecule has 0 bridgehead atoms. The Labute approximate surface area is 152 Å². The van der Waals surface area contributed by atoms with Crippen molar-refractivity contribution in [3.05, 3.63) is 18.2 Å². The van der Waals surface area contributed by atoms with Gasteiger partial charge in [0.05, 0.1) is 16.3 Å². The molecular formula is C18H32N4O2S. The molecule has 1 heterocycles. The van der Waals surface area contributed by atoms with Crippen molar-refractivity contribution in [1.29, 1.82) is 0 Å². The second kappa shape index (κ2) is 8.38. The molecule has 1 aromatic carbocycles. The van der Waals surface area contributed by atoms with E-state index in [1.165, 1.54) is 0 Å². The third kappa shape index (κ3) is 5.87. The highest BCUT2D eigenvalue weighted by Crippen LogP contribution is 2.25. The van der Waals surface area contributed by atoms with E-state index in [2.05, 4.69) is 28.8 Å². The summed E-state index contributed by atoms with van der Waals surface area (Å²) >= 11 is 0. The molecule has 1 fully saturated rings. The molecular weight excluding hydrogens is 336 g/mol. The molecule has 25 heavy (non-hydrogen) atoms. The molecule has 4 N–H and O–H groups in total. The third-order valence-electron chi connectivity index (χ3n) is 4.27. The Morgan fingerprint density at radius 1 is 1.24 bits per heavy atom. The minimum absolute atomic E-state index is 0.252. The lowest BCUT2D eigenvalue weighted by Crippen LogP contribution is -2.29. The van der Waals surface area contributed by atoms with E-state index in [1.807, 2.05) is 13.8 Å². The third-order valence-corrected chi connectivity index (χ3v) is 5.69. The van der Waals surface area contributed by atoms with Gasteiger partial charge in [0.1, 0.15) is 0 Å². The minimum atomic E-state index is -3.51. The average Bonchev–Trinajstić information content (AvgIpc) is 2.93. The highest BCUT2D eigenvalue weighted by molar-refractivity contribution is 7.89. The summed E-state index contributed by atoms with van der Waals surface area (Å²) in [6.45, 7) is 11.9. The molecule has 2 rings (SSSR count). The van der Waals surface area contributed by atoms with Gasteiger partial charge in [0.2, 0.25) is 10.0 Å². The van der Waals surface area contributed by atoms with Crippen LogP contribution in [-0.2, 0) is 10.0 Å². The molecule has 1 aliphatic rings. The molecule has 1 aliphatic heterocycles. The van der Waals surface area contributed by atoms with Gasteiger partial charge >= 0.3 is 0 Å². The van der Waals surface area contributed by atoms with Crippen LogP contribution >= 0.6 is 0 Å². The van der Waals surface area contributed by atoms with Gasteiger partial charge in [0, 0.05) is 32.2 Å². The summed E-state index contributed by atoms with van der Waals surface area (Å²) in [5, 5.41) is 3.43. The van der Waals surface area contributed by atoms with Crippen molar-refractivity contribution in [3.63, 3.8) is 0 Å². The Balaban J connectivity index is 2.07. The summed E-state index contributed by atoms with van der Waals surface area (Å²) in [5.74, 6) is 0.899. The van der Waals surface area contributed by atoms with Crippen LogP contribution in [0.15, 0.2) is 23.1 Å². The Morgan fingerprint density at radius 2 is 1.96 bits per heavy atom. The number of likely N-dealkylation sites (tertiary alicyclic amines) is 1. The number of nitrogens with one attached hydrogen (secondary N) is 2. The molecule has 0 radical (unpaired) electrons. The van der Waals surface area contributed by atoms with Crippen LogP contribution in [-0.4, -0.2) is 45.5 Å². The molecule has 7 heteroatoms. The van der Waals surface area contributed by atoms with Gasteiger partial charge in [0.25, 0.3) is 0 Å². The van der Waals surface area contributed by atoms with Crippen molar-refractivity contribution in [2.24, 2.45) is 11.8 Å². The highest BCUT2D eigenvalue weighted by Gasteiger charge is 2.24. The normalized spacial score (nSPS) is 19.0. The summed E-state index contributed by atoms with van der Waals surface area (Å²) < 4.78 is 27.5. The largest absolute Gasteiger partial charge is 0.397 e. The van der Waals surface area contributed by atoms with Crippen LogP contribution < -0.4 is 15.8 Å². The van der Waals surface area contributed by atoms with Crippen molar-refractivity contribution in [2.45, 2.75) is 45.1 Å². The standard InChI is InChI=1S/C18H32N4O2S/c1-13(2)10-20-25(23,24)16-5-6-17(19)18(9-16)21-15-7-8-22(12-15)11-14(3)4/h5-6,9,13-15,20-21H,7-8,10-12,19H2,1-4H3. The molecule has 0 saturated carbocycles. The van der Waals surface area contributed by atoms with Gasteiger partial charge in [-0.1, -0.05) is 27.7 Å². The second-order valence-electron chi connectivity index (χ2n) is 7.78. The minimum Gasteiger partial charge on any atom is -0.397 e. The van der Waals surface area contributed by atoms with Gasteiger partial charge in [-0.25, -0.2) is 13.1 Å². The maximum atomic E-state index is 12.4. The summed E-state index contributed by atoms with van der Waals surface area (Å²) in [4.78, 5) is 2.69. The molecule has 1 saturated heterocycles. The average molecular weight is 369 g/mol. The topological polar surface area (TPSA) is 87.5 Å². The van der Waals surface area contributed by atoms with E-state index in [-0.39, 0.29) is 10.8 Å². The van der Waals surface area contributed by atoms with Crippen molar-refractivity contribution in [1.82, 2.24) is 9.62 Å². The van der Waals surface area contributed by atoms with Gasteiger partial charge in [-0.3, -0.25) is 0 Å². The summed E-state index contributed by atoms with van der Waals surface area (Å²) in [5.41, 5.74) is 7.33. The number of nitrogen functional groups attached to an aromatic ring is 1. The fourth-order valence-corrected chi connectivity index (χ4v) is 4.28. The predicted molar refractivity (Wildman–Crippen MR) is 104 cm³/mol. The Kier molecular flexibility index (Phi) is 6.71. The number of hydrogen-bond donors (Lipinski definition) is 3. The van der Waals surface area contributed by atoms with Crippen LogP contribution in [0.1, 0.15) is 34.1 Å². The first-order chi connectivity index (χ1) is 11.7. The summed E-state index contributed by atoms with van der Waals surface area (Å²) in [6, 6.07) is 5.15. The van der Waals surface area contributed by atoms with Gasteiger partial charge in [-0.15, -0.1) is 0 Å². The van der Waals surface area contributed by atoms with Gasteiger partial charge in [0.15, 0.2) is 0 Å². The molecule has 0 amide bonds. The van der Waals surface area contributed by atoms with Crippen molar-refractivity contribution in [3.8, 4) is 0 Å². The zero-order valence-electron chi connectivity index (χ0n) is 15.7. The number of sulfonamides is 1. The zero-order valence-corrected chi connectivity index (χ0v) is 16.6. The fraction of sp³-hybridized carbons (Fsp3) is 0.667. The van der Waals surface area contributed by atoms with E-state index in [1.54, 1.807) is 18.2 Å². The number of rotatable bonds is 8. The molecule has 0 aromatic heterocycles. The highest BCUT2D eigenvalue weighted by atomic mass is 32.2. The molecule has 142 valence electrons. The van der Waals surface area contributed by atoms with Gasteiger partial charge in [-0.2, -0.15) is 0 Å². The first-order valence-corrected chi connectivity index (χ1v) is 10.5. The number of anilines is 2. The summed E-state index contributed by atoms with van der Waals surface area (Å²) in [6.07, 6.45) is 1.04. The fourth-order valence-electron chi connectivity index (χ4n) is 3.04. The van der Waals surface area contributed by atoms with Crippen LogP contribution in [0.3, 0.4) is 0 Å². The van der Waals surface area contributed by atoms with Crippen LogP contribution in [0.2, 0.25) is 0 Å². The van der Waals surface area contributed by atoms with Crippen LogP contribution in [0, 0.1) is 11.8 Å². The van der Waals surface area contributed by atoms with Crippen LogP contribution in [0.4, 0.5) is 11.4 Å². The maximum Gasteiger partial charge on any atom is 0.240 e. The first kappa shape index (κ1) is 20.0. The van der Waals surface area contributed by atoms with Crippen molar-refractivity contribution >= 4 is 21.4 Å². The molecule has 1 atom stereocenters. The smallest absolute Gasteiger partial charge is 0.240 e. The van der Waals surface area contributed by atoms with E-state index in [4.69, 9.17) is 5.73 Å². The lowest BCUT2D eigenvalue weighted by atomic mass is 10.2. The molecule has 1 unspecified atom stereocenters. The first-order valence-electron chi connectivity index (χ1n) is 9.05. The van der Waals surface area contributed by atoms with Crippen LogP contribution in [0.25, 0.3) is 0 Å². The Hall–Kier alpha value is -1.31. The quantitative estimate of drug-likeness (QED) is 0.613.